The molecule has 0 aromatic heterocycles. The molecule has 0 amide bonds. The predicted octanol–water partition coefficient (Wildman–Crippen LogP) is 4.44. The first-order chi connectivity index (χ1) is 11.6. The lowest BCUT2D eigenvalue weighted by Gasteiger charge is -2.35. The Bertz CT molecular complexity index is 680. The minimum Gasteiger partial charge on any atom is -0.488 e. The molecule has 3 atom stereocenters. The molecule has 1 fully saturated rings. The highest BCUT2D eigenvalue weighted by atomic mass is 35.5. The standard InChI is InChI=1S/C19H21Cl2NO2/c20-14-5-1-4-13(10-14)12-22-17-8-3-9-18(19(17)23)24-16-7-2-6-15(21)11-16/h1-2,4-7,10-11,17-19,22-23H,3,8-9,12H2/t17-,18+,19+/m0/s1. The smallest absolute Gasteiger partial charge is 0.126 e. The maximum absolute atomic E-state index is 10.6. The van der Waals surface area contributed by atoms with Crippen molar-refractivity contribution in [2.75, 3.05) is 0 Å². The van der Waals surface area contributed by atoms with Crippen LogP contribution in [0.4, 0.5) is 0 Å². The number of halogens is 2. The van der Waals surface area contributed by atoms with Gasteiger partial charge in [-0.1, -0.05) is 41.4 Å². The zero-order valence-corrected chi connectivity index (χ0v) is 14.8. The van der Waals surface area contributed by atoms with Crippen molar-refractivity contribution in [3.63, 3.8) is 0 Å². The molecule has 24 heavy (non-hydrogen) atoms. The van der Waals surface area contributed by atoms with Crippen LogP contribution in [0, 0.1) is 0 Å². The van der Waals surface area contributed by atoms with E-state index in [-0.39, 0.29) is 12.1 Å². The third kappa shape index (κ3) is 4.64. The number of aliphatic hydroxyl groups excluding tert-OH is 1. The fourth-order valence-electron chi connectivity index (χ4n) is 3.10. The summed E-state index contributed by atoms with van der Waals surface area (Å²) in [5.41, 5.74) is 1.10. The van der Waals surface area contributed by atoms with Crippen molar-refractivity contribution in [3.8, 4) is 5.75 Å². The molecule has 0 unspecified atom stereocenters. The monoisotopic (exact) mass is 365 g/mol. The van der Waals surface area contributed by atoms with Gasteiger partial charge in [0.15, 0.2) is 0 Å². The molecular formula is C19H21Cl2NO2. The summed E-state index contributed by atoms with van der Waals surface area (Å²) in [7, 11) is 0. The van der Waals surface area contributed by atoms with Crippen LogP contribution >= 0.6 is 23.2 Å². The summed E-state index contributed by atoms with van der Waals surface area (Å²) >= 11 is 12.0. The summed E-state index contributed by atoms with van der Waals surface area (Å²) in [4.78, 5) is 0. The molecule has 2 aromatic rings. The molecule has 128 valence electrons. The number of nitrogens with one attached hydrogen (secondary N) is 1. The second kappa shape index (κ2) is 8.21. The molecule has 3 nitrogen and oxygen atoms in total. The molecule has 1 aliphatic rings. The van der Waals surface area contributed by atoms with Gasteiger partial charge in [0.25, 0.3) is 0 Å². The third-order valence-corrected chi connectivity index (χ3v) is 4.81. The van der Waals surface area contributed by atoms with Crippen molar-refractivity contribution < 1.29 is 9.84 Å². The van der Waals surface area contributed by atoms with Crippen LogP contribution in [0.15, 0.2) is 48.5 Å². The van der Waals surface area contributed by atoms with E-state index in [4.69, 9.17) is 27.9 Å². The van der Waals surface area contributed by atoms with E-state index >= 15 is 0 Å². The van der Waals surface area contributed by atoms with Gasteiger partial charge in [-0.05, 0) is 55.2 Å². The van der Waals surface area contributed by atoms with Crippen LogP contribution < -0.4 is 10.1 Å². The van der Waals surface area contributed by atoms with Gasteiger partial charge < -0.3 is 15.2 Å². The Morgan fingerprint density at radius 1 is 1.04 bits per heavy atom. The number of ether oxygens (including phenoxy) is 1. The van der Waals surface area contributed by atoms with Gasteiger partial charge in [0, 0.05) is 22.6 Å². The number of hydrogen-bond donors (Lipinski definition) is 2. The van der Waals surface area contributed by atoms with E-state index < -0.39 is 6.10 Å². The normalized spacial score (nSPS) is 23.9. The van der Waals surface area contributed by atoms with Crippen molar-refractivity contribution in [3.05, 3.63) is 64.1 Å². The molecule has 0 spiro atoms. The Labute approximate surface area is 152 Å². The lowest BCUT2D eigenvalue weighted by molar-refractivity contribution is -0.0157. The predicted molar refractivity (Wildman–Crippen MR) is 97.8 cm³/mol. The van der Waals surface area contributed by atoms with E-state index in [0.717, 1.165) is 29.8 Å². The molecule has 0 heterocycles. The maximum atomic E-state index is 10.6. The molecular weight excluding hydrogens is 345 g/mol. The molecule has 1 saturated carbocycles. The van der Waals surface area contributed by atoms with Crippen molar-refractivity contribution in [2.24, 2.45) is 0 Å². The van der Waals surface area contributed by atoms with E-state index in [1.807, 2.05) is 36.4 Å². The highest BCUT2D eigenvalue weighted by Crippen LogP contribution is 2.26. The summed E-state index contributed by atoms with van der Waals surface area (Å²) in [6, 6.07) is 15.0. The average molecular weight is 366 g/mol. The van der Waals surface area contributed by atoms with Gasteiger partial charge in [-0.3, -0.25) is 0 Å². The highest BCUT2D eigenvalue weighted by molar-refractivity contribution is 6.30. The van der Waals surface area contributed by atoms with E-state index in [1.165, 1.54) is 0 Å². The van der Waals surface area contributed by atoms with E-state index in [0.29, 0.717) is 17.3 Å². The van der Waals surface area contributed by atoms with Gasteiger partial charge >= 0.3 is 0 Å². The Balaban J connectivity index is 1.59. The van der Waals surface area contributed by atoms with E-state index in [9.17, 15) is 5.11 Å². The number of aliphatic hydroxyl groups is 1. The van der Waals surface area contributed by atoms with Crippen LogP contribution in [0.5, 0.6) is 5.75 Å². The Morgan fingerprint density at radius 3 is 2.54 bits per heavy atom. The molecule has 2 N–H and O–H groups in total. The van der Waals surface area contributed by atoms with Gasteiger partial charge in [-0.2, -0.15) is 0 Å². The fourth-order valence-corrected chi connectivity index (χ4v) is 3.50. The number of benzene rings is 2. The molecule has 0 aliphatic heterocycles. The summed E-state index contributed by atoms with van der Waals surface area (Å²) in [5, 5.41) is 15.4. The van der Waals surface area contributed by atoms with Gasteiger partial charge in [0.1, 0.15) is 18.0 Å². The molecule has 0 saturated heterocycles. The summed E-state index contributed by atoms with van der Waals surface area (Å²) in [5.74, 6) is 0.696. The number of hydrogen-bond acceptors (Lipinski definition) is 3. The van der Waals surface area contributed by atoms with Crippen LogP contribution in [0.2, 0.25) is 10.0 Å². The zero-order valence-electron chi connectivity index (χ0n) is 13.3. The molecule has 3 rings (SSSR count). The van der Waals surface area contributed by atoms with Crippen molar-refractivity contribution in [1.82, 2.24) is 5.32 Å². The molecule has 2 aromatic carbocycles. The second-order valence-corrected chi connectivity index (χ2v) is 7.03. The number of rotatable bonds is 5. The lowest BCUT2D eigenvalue weighted by atomic mass is 9.89. The van der Waals surface area contributed by atoms with Crippen LogP contribution in [-0.2, 0) is 6.54 Å². The van der Waals surface area contributed by atoms with Crippen molar-refractivity contribution >= 4 is 23.2 Å². The first-order valence-corrected chi connectivity index (χ1v) is 8.95. The van der Waals surface area contributed by atoms with Gasteiger partial charge in [-0.15, -0.1) is 0 Å². The van der Waals surface area contributed by atoms with Gasteiger partial charge in [0.05, 0.1) is 0 Å². The van der Waals surface area contributed by atoms with Crippen LogP contribution in [0.1, 0.15) is 24.8 Å². The van der Waals surface area contributed by atoms with Gasteiger partial charge in [-0.25, -0.2) is 0 Å². The average Bonchev–Trinajstić information content (AvgIpc) is 2.56. The quantitative estimate of drug-likeness (QED) is 0.822. The van der Waals surface area contributed by atoms with Crippen LogP contribution in [0.25, 0.3) is 0 Å². The highest BCUT2D eigenvalue weighted by Gasteiger charge is 2.33. The first-order valence-electron chi connectivity index (χ1n) is 8.20. The third-order valence-electron chi connectivity index (χ3n) is 4.34. The zero-order chi connectivity index (χ0) is 16.9. The minimum absolute atomic E-state index is 0.00177. The van der Waals surface area contributed by atoms with Crippen LogP contribution in [-0.4, -0.2) is 23.4 Å². The topological polar surface area (TPSA) is 41.5 Å². The summed E-state index contributed by atoms with van der Waals surface area (Å²) < 4.78 is 5.95. The summed E-state index contributed by atoms with van der Waals surface area (Å²) in [6.45, 7) is 0.673. The van der Waals surface area contributed by atoms with Crippen molar-refractivity contribution in [2.45, 2.75) is 44.1 Å². The maximum Gasteiger partial charge on any atom is 0.126 e. The van der Waals surface area contributed by atoms with E-state index in [1.54, 1.807) is 12.1 Å². The summed E-state index contributed by atoms with van der Waals surface area (Å²) in [6.07, 6.45) is 1.99. The van der Waals surface area contributed by atoms with E-state index in [2.05, 4.69) is 5.32 Å². The largest absolute Gasteiger partial charge is 0.488 e. The minimum atomic E-state index is -0.558. The lowest BCUT2D eigenvalue weighted by Crippen LogP contribution is -2.50. The molecule has 0 radical (unpaired) electrons. The first kappa shape index (κ1) is 17.6. The second-order valence-electron chi connectivity index (χ2n) is 6.15. The Kier molecular flexibility index (Phi) is 6.01. The Hall–Kier alpha value is -1.26. The molecule has 5 heteroatoms. The Morgan fingerprint density at radius 2 is 1.79 bits per heavy atom. The van der Waals surface area contributed by atoms with Crippen LogP contribution in [0.3, 0.4) is 0 Å². The molecule has 0 bridgehead atoms. The van der Waals surface area contributed by atoms with Crippen molar-refractivity contribution in [1.29, 1.82) is 0 Å². The van der Waals surface area contributed by atoms with Gasteiger partial charge in [0.2, 0.25) is 0 Å². The SMILES string of the molecule is O[C@@H]1[C@@H](NCc2cccc(Cl)c2)CCC[C@H]1Oc1cccc(Cl)c1. The molecule has 1 aliphatic carbocycles. The fraction of sp³-hybridized carbons (Fsp3) is 0.368.